The molecule has 0 bridgehead atoms. The number of hydrogen-bond acceptors (Lipinski definition) is 12. The summed E-state index contributed by atoms with van der Waals surface area (Å²) in [5.74, 6) is -0.651. The Morgan fingerprint density at radius 3 is 1.83 bits per heavy atom. The van der Waals surface area contributed by atoms with Crippen molar-refractivity contribution >= 4 is 24.4 Å². The molecule has 0 amide bonds. The van der Waals surface area contributed by atoms with Crippen LogP contribution in [0, 0.1) is 11.8 Å². The van der Waals surface area contributed by atoms with Crippen molar-refractivity contribution in [2.45, 2.75) is 98.8 Å². The van der Waals surface area contributed by atoms with Gasteiger partial charge in [-0.15, -0.1) is 0 Å². The van der Waals surface area contributed by atoms with E-state index in [0.717, 1.165) is 19.3 Å². The molecule has 2 N–H and O–H groups in total. The van der Waals surface area contributed by atoms with E-state index >= 15 is 0 Å². The van der Waals surface area contributed by atoms with Crippen LogP contribution in [0.5, 0.6) is 11.5 Å². The summed E-state index contributed by atoms with van der Waals surface area (Å²) in [6.45, 7) is 13.4. The summed E-state index contributed by atoms with van der Waals surface area (Å²) in [7, 11) is 0. The van der Waals surface area contributed by atoms with E-state index in [1.165, 1.54) is 12.1 Å². The Labute approximate surface area is 248 Å². The average Bonchev–Trinajstić information content (AvgIpc) is 2.95. The molecule has 1 rings (SSSR count). The fourth-order valence-electron chi connectivity index (χ4n) is 3.02. The number of hydrogen-bond donors (Lipinski definition) is 1. The van der Waals surface area contributed by atoms with Crippen molar-refractivity contribution < 1.29 is 52.3 Å². The first-order valence-corrected chi connectivity index (χ1v) is 14.5. The molecule has 2 unspecified atom stereocenters. The van der Waals surface area contributed by atoms with Crippen LogP contribution < -0.4 is 15.2 Å². The maximum Gasteiger partial charge on any atom is 0.513 e. The fraction of sp³-hybridized carbons (Fsp3) is 0.667. The van der Waals surface area contributed by atoms with Gasteiger partial charge in [0.05, 0.1) is 19.8 Å². The SMILES string of the molecule is CCCCOC(=O)O[C@@H](C)[C@H](C)OC(=O)[C@@H](N)Cc1ccc(OC(=O)OCC(C)CC)c(OC(=O)OCC(C)CC)c1. The third kappa shape index (κ3) is 14.4. The highest BCUT2D eigenvalue weighted by Crippen LogP contribution is 2.30. The monoisotopic (exact) mass is 597 g/mol. The summed E-state index contributed by atoms with van der Waals surface area (Å²) in [5.41, 5.74) is 6.57. The number of carbonyl (C=O) groups is 4. The summed E-state index contributed by atoms with van der Waals surface area (Å²) in [5, 5.41) is 0. The van der Waals surface area contributed by atoms with Crippen LogP contribution in [0.15, 0.2) is 18.2 Å². The van der Waals surface area contributed by atoms with Crippen LogP contribution in [0.1, 0.15) is 79.7 Å². The molecule has 1 aromatic rings. The quantitative estimate of drug-likeness (QED) is 0.0974. The van der Waals surface area contributed by atoms with Crippen LogP contribution in [-0.4, -0.2) is 62.5 Å². The van der Waals surface area contributed by atoms with Crippen LogP contribution in [0.2, 0.25) is 0 Å². The number of rotatable bonds is 17. The summed E-state index contributed by atoms with van der Waals surface area (Å²) in [4.78, 5) is 49.0. The van der Waals surface area contributed by atoms with E-state index in [9.17, 15) is 19.2 Å². The molecule has 0 radical (unpaired) electrons. The van der Waals surface area contributed by atoms with Crippen molar-refractivity contribution in [3.8, 4) is 11.5 Å². The number of ether oxygens (including phenoxy) is 7. The lowest BCUT2D eigenvalue weighted by atomic mass is 10.1. The van der Waals surface area contributed by atoms with E-state index in [1.54, 1.807) is 19.9 Å². The van der Waals surface area contributed by atoms with Crippen LogP contribution in [0.3, 0.4) is 0 Å². The van der Waals surface area contributed by atoms with Gasteiger partial charge in [-0.25, -0.2) is 14.4 Å². The Hall–Kier alpha value is -3.54. The number of carbonyl (C=O) groups excluding carboxylic acids is 4. The molecule has 0 aliphatic heterocycles. The van der Waals surface area contributed by atoms with Crippen molar-refractivity contribution in [2.24, 2.45) is 17.6 Å². The van der Waals surface area contributed by atoms with E-state index in [2.05, 4.69) is 0 Å². The first-order chi connectivity index (χ1) is 19.9. The second-order valence-corrected chi connectivity index (χ2v) is 10.4. The Morgan fingerprint density at radius 1 is 0.738 bits per heavy atom. The molecule has 0 aromatic heterocycles. The molecule has 0 aliphatic carbocycles. The van der Waals surface area contributed by atoms with Crippen molar-refractivity contribution in [3.05, 3.63) is 23.8 Å². The van der Waals surface area contributed by atoms with Crippen molar-refractivity contribution in [1.29, 1.82) is 0 Å². The molecule has 0 spiro atoms. The summed E-state index contributed by atoms with van der Waals surface area (Å²) in [6, 6.07) is 3.27. The fourth-order valence-corrected chi connectivity index (χ4v) is 3.02. The Bertz CT molecular complexity index is 999. The topological polar surface area (TPSA) is 159 Å². The smallest absolute Gasteiger partial charge is 0.458 e. The highest BCUT2D eigenvalue weighted by Gasteiger charge is 2.25. The van der Waals surface area contributed by atoms with Crippen LogP contribution in [-0.2, 0) is 34.9 Å². The van der Waals surface area contributed by atoms with Gasteiger partial charge in [0.1, 0.15) is 18.2 Å². The Balaban J connectivity index is 2.90. The largest absolute Gasteiger partial charge is 0.513 e. The van der Waals surface area contributed by atoms with Crippen LogP contribution in [0.4, 0.5) is 14.4 Å². The molecule has 238 valence electrons. The molecule has 1 aromatic carbocycles. The van der Waals surface area contributed by atoms with E-state index in [4.69, 9.17) is 38.9 Å². The first kappa shape index (κ1) is 36.5. The van der Waals surface area contributed by atoms with E-state index in [1.807, 2.05) is 34.6 Å². The molecule has 12 heteroatoms. The summed E-state index contributed by atoms with van der Waals surface area (Å²) in [6.07, 6.45) is -1.15. The zero-order valence-electron chi connectivity index (χ0n) is 25.8. The molecular weight excluding hydrogens is 550 g/mol. The molecule has 5 atom stereocenters. The second-order valence-electron chi connectivity index (χ2n) is 10.4. The van der Waals surface area contributed by atoms with Crippen molar-refractivity contribution in [2.75, 3.05) is 19.8 Å². The lowest BCUT2D eigenvalue weighted by Gasteiger charge is -2.22. The van der Waals surface area contributed by atoms with E-state index in [0.29, 0.717) is 12.0 Å². The van der Waals surface area contributed by atoms with Gasteiger partial charge >= 0.3 is 24.4 Å². The van der Waals surface area contributed by atoms with Gasteiger partial charge < -0.3 is 38.9 Å². The minimum atomic E-state index is -1.10. The van der Waals surface area contributed by atoms with Crippen LogP contribution >= 0.6 is 0 Å². The molecule has 12 nitrogen and oxygen atoms in total. The predicted molar refractivity (Wildman–Crippen MR) is 153 cm³/mol. The highest BCUT2D eigenvalue weighted by atomic mass is 16.7. The molecular formula is C30H47NO11. The van der Waals surface area contributed by atoms with Crippen LogP contribution in [0.25, 0.3) is 0 Å². The van der Waals surface area contributed by atoms with E-state index in [-0.39, 0.29) is 49.6 Å². The third-order valence-corrected chi connectivity index (χ3v) is 6.48. The lowest BCUT2D eigenvalue weighted by molar-refractivity contribution is -0.155. The van der Waals surface area contributed by atoms with Gasteiger partial charge in [-0.05, 0) is 56.2 Å². The Morgan fingerprint density at radius 2 is 1.29 bits per heavy atom. The number of nitrogens with two attached hydrogens (primary N) is 1. The molecule has 0 saturated heterocycles. The Kier molecular flexibility index (Phi) is 17.0. The second kappa shape index (κ2) is 19.6. The zero-order chi connectivity index (χ0) is 31.7. The summed E-state index contributed by atoms with van der Waals surface area (Å²) >= 11 is 0. The molecule has 0 saturated carbocycles. The van der Waals surface area contributed by atoms with Gasteiger partial charge in [0.2, 0.25) is 0 Å². The predicted octanol–water partition coefficient (Wildman–Crippen LogP) is 5.95. The molecule has 0 heterocycles. The third-order valence-electron chi connectivity index (χ3n) is 6.48. The first-order valence-electron chi connectivity index (χ1n) is 14.5. The van der Waals surface area contributed by atoms with Gasteiger partial charge in [0, 0.05) is 0 Å². The van der Waals surface area contributed by atoms with Crippen molar-refractivity contribution in [3.63, 3.8) is 0 Å². The molecule has 0 aliphatic rings. The number of unbranched alkanes of at least 4 members (excludes halogenated alkanes) is 1. The van der Waals surface area contributed by atoms with E-state index < -0.39 is 42.7 Å². The summed E-state index contributed by atoms with van der Waals surface area (Å²) < 4.78 is 36.4. The lowest BCUT2D eigenvalue weighted by Crippen LogP contribution is -2.39. The number of esters is 1. The van der Waals surface area contributed by atoms with Gasteiger partial charge in [0.25, 0.3) is 0 Å². The minimum Gasteiger partial charge on any atom is -0.458 e. The minimum absolute atomic E-state index is 0.00311. The standard InChI is InChI=1S/C30H47NO11/c1-8-11-14-36-28(33)40-22(7)21(6)39-27(32)24(31)15-23-12-13-25(41-29(34)37-17-19(4)9-2)26(16-23)42-30(35)38-18-20(5)10-3/h12-13,16,19-22,24H,8-11,14-15,17-18,31H2,1-7H3/t19?,20?,21-,22-,24-/m0/s1. The van der Waals surface area contributed by atoms with Gasteiger partial charge in [0.15, 0.2) is 11.5 Å². The number of benzene rings is 1. The molecule has 0 fully saturated rings. The normalized spacial score (nSPS) is 14.4. The highest BCUT2D eigenvalue weighted by molar-refractivity contribution is 5.76. The van der Waals surface area contributed by atoms with Gasteiger partial charge in [-0.2, -0.15) is 0 Å². The average molecular weight is 598 g/mol. The maximum atomic E-state index is 12.7. The zero-order valence-corrected chi connectivity index (χ0v) is 25.8. The van der Waals surface area contributed by atoms with Gasteiger partial charge in [-0.3, -0.25) is 4.79 Å². The van der Waals surface area contributed by atoms with Gasteiger partial charge in [-0.1, -0.05) is 59.9 Å². The maximum absolute atomic E-state index is 12.7. The molecule has 42 heavy (non-hydrogen) atoms. The van der Waals surface area contributed by atoms with Crippen molar-refractivity contribution in [1.82, 2.24) is 0 Å².